The number of carbonyl (C=O) groups excluding carboxylic acids is 2. The van der Waals surface area contributed by atoms with Crippen molar-refractivity contribution in [3.63, 3.8) is 0 Å². The molecule has 3 saturated heterocycles. The molecule has 12 rings (SSSR count). The number of fused-ring (bicyclic) bond motifs is 8. The van der Waals surface area contributed by atoms with Gasteiger partial charge < -0.3 is 44.3 Å². The van der Waals surface area contributed by atoms with Gasteiger partial charge in [-0.15, -0.1) is 11.3 Å². The van der Waals surface area contributed by atoms with E-state index in [0.717, 1.165) is 86.0 Å². The number of anilines is 2. The number of nitriles is 1. The number of piperazine rings is 1. The Morgan fingerprint density at radius 3 is 2.50 bits per heavy atom. The summed E-state index contributed by atoms with van der Waals surface area (Å²) in [5.74, 6) is -1.54. The minimum Gasteiger partial charge on any atom is -0.486 e. The van der Waals surface area contributed by atoms with Gasteiger partial charge in [-0.2, -0.15) is 15.2 Å². The van der Waals surface area contributed by atoms with Crippen LogP contribution in [-0.2, 0) is 33.9 Å². The highest BCUT2D eigenvalue weighted by Crippen LogP contribution is 2.47. The number of thiophene rings is 1. The molecule has 5 aliphatic heterocycles. The molecule has 0 aliphatic carbocycles. The molecular weight excluding hydrogens is 1090 g/mol. The van der Waals surface area contributed by atoms with Crippen molar-refractivity contribution in [1.82, 2.24) is 34.2 Å². The number of nitrogen functional groups attached to an aromatic ring is 1. The lowest BCUT2D eigenvalue weighted by atomic mass is 9.95. The lowest BCUT2D eigenvalue weighted by Gasteiger charge is -2.37. The van der Waals surface area contributed by atoms with Gasteiger partial charge in [-0.25, -0.2) is 18.6 Å². The number of nitrogens with two attached hydrogens (primary N) is 1. The van der Waals surface area contributed by atoms with Gasteiger partial charge in [-0.05, 0) is 133 Å². The van der Waals surface area contributed by atoms with Crippen LogP contribution in [0.2, 0.25) is 5.02 Å². The van der Waals surface area contributed by atoms with Gasteiger partial charge in [0.25, 0.3) is 11.5 Å². The smallest absolute Gasteiger partial charge is 0.340 e. The summed E-state index contributed by atoms with van der Waals surface area (Å²) in [5, 5.41) is 22.2. The van der Waals surface area contributed by atoms with E-state index in [1.807, 2.05) is 58.0 Å². The molecule has 4 aromatic heterocycles. The molecule has 0 saturated carbocycles. The van der Waals surface area contributed by atoms with E-state index in [9.17, 15) is 24.8 Å². The molecule has 0 bridgehead atoms. The number of unbranched alkanes of at least 4 members (excludes halogenated alkanes) is 1. The molecule has 3 N–H and O–H groups in total. The maximum Gasteiger partial charge on any atom is 0.340 e. The quantitative estimate of drug-likeness (QED) is 0.0557. The van der Waals surface area contributed by atoms with E-state index in [2.05, 4.69) is 22.4 Å². The standard InChI is InChI=1S/C59H59ClF2N10O7S.C2H6/c1-5-33-35-24-32(11-14-43(35)65-49-39(33)28-72-44(49)26-36-40(56(72)75)29-77-57(76)51(36)73)79-45(10-6-7-17-68(3)4)31(2)55(74)70-22-20-69(21-23-70)54-37-25-41(60)47(34-12-13-42(61)52-46(34)38(27-63)53(64)80-52)48(62)50(37)66-58(67-54)78-30-59-15-8-18-71(59)19-9-16-59;1-2/h11-14,24-26,45,51,73H,2,5-10,15-23,28-30,64H2,1,3-4H3;1-2H3. The number of pyridine rings is 2. The average molecular weight is 1160 g/mol. The highest BCUT2D eigenvalue weighted by Gasteiger charge is 2.45. The first kappa shape index (κ1) is 56.6. The molecule has 3 aromatic carbocycles. The number of hydrogen-bond acceptors (Lipinski definition) is 16. The Bertz CT molecular complexity index is 3840. The Balaban J connectivity index is 0.00000349. The van der Waals surface area contributed by atoms with Crippen molar-refractivity contribution in [2.75, 3.05) is 77.1 Å². The van der Waals surface area contributed by atoms with Crippen LogP contribution in [0, 0.1) is 23.0 Å². The highest BCUT2D eigenvalue weighted by atomic mass is 35.5. The average Bonchev–Trinajstić information content (AvgIpc) is 4.44. The molecule has 0 radical (unpaired) electrons. The normalized spacial score (nSPS) is 17.5. The minimum atomic E-state index is -1.56. The summed E-state index contributed by atoms with van der Waals surface area (Å²) < 4.78 is 52.9. The predicted molar refractivity (Wildman–Crippen MR) is 313 cm³/mol. The van der Waals surface area contributed by atoms with Crippen LogP contribution in [0.25, 0.3) is 54.4 Å². The van der Waals surface area contributed by atoms with Crippen LogP contribution in [-0.4, -0.2) is 129 Å². The van der Waals surface area contributed by atoms with Crippen molar-refractivity contribution in [3.05, 3.63) is 109 Å². The molecule has 1 amide bonds. The number of amides is 1. The topological polar surface area (TPSA) is 206 Å². The van der Waals surface area contributed by atoms with Gasteiger partial charge in [-0.3, -0.25) is 14.5 Å². The van der Waals surface area contributed by atoms with Crippen LogP contribution in [0.1, 0.15) is 99.6 Å². The van der Waals surface area contributed by atoms with Gasteiger partial charge in [0.1, 0.15) is 53.3 Å². The number of aromatic nitrogens is 4. The maximum atomic E-state index is 17.5. The fourth-order valence-electron chi connectivity index (χ4n) is 12.7. The second kappa shape index (κ2) is 22.8. The number of benzene rings is 3. The fourth-order valence-corrected chi connectivity index (χ4v) is 14.0. The Kier molecular flexibility index (Phi) is 15.7. The van der Waals surface area contributed by atoms with Crippen LogP contribution in [0.3, 0.4) is 0 Å². The first-order valence-corrected chi connectivity index (χ1v) is 29.4. The Labute approximate surface area is 482 Å². The predicted octanol–water partition coefficient (Wildman–Crippen LogP) is 9.71. The van der Waals surface area contributed by atoms with E-state index in [0.29, 0.717) is 72.0 Å². The van der Waals surface area contributed by atoms with Gasteiger partial charge in [0.2, 0.25) is 0 Å². The molecule has 9 heterocycles. The van der Waals surface area contributed by atoms with Gasteiger partial charge in [-0.1, -0.05) is 45.0 Å². The number of carbonyl (C=O) groups is 2. The van der Waals surface area contributed by atoms with E-state index in [1.165, 1.54) is 12.1 Å². The molecular formula is C61H65ClF2N10O7S. The van der Waals surface area contributed by atoms with E-state index < -0.39 is 29.8 Å². The second-order valence-electron chi connectivity index (χ2n) is 21.8. The van der Waals surface area contributed by atoms with Gasteiger partial charge >= 0.3 is 12.0 Å². The second-order valence-corrected chi connectivity index (χ2v) is 23.2. The molecule has 17 nitrogen and oxygen atoms in total. The number of aliphatic hydroxyl groups is 1. The van der Waals surface area contributed by atoms with Crippen molar-refractivity contribution in [2.24, 2.45) is 0 Å². The molecule has 82 heavy (non-hydrogen) atoms. The zero-order valence-electron chi connectivity index (χ0n) is 46.7. The first-order chi connectivity index (χ1) is 39.6. The van der Waals surface area contributed by atoms with Crippen LogP contribution in [0.4, 0.5) is 19.6 Å². The van der Waals surface area contributed by atoms with E-state index in [4.69, 9.17) is 46.5 Å². The molecule has 2 atom stereocenters. The number of rotatable bonds is 15. The third-order valence-electron chi connectivity index (χ3n) is 16.9. The molecule has 21 heteroatoms. The lowest BCUT2D eigenvalue weighted by Crippen LogP contribution is -2.50. The van der Waals surface area contributed by atoms with Crippen LogP contribution in [0.5, 0.6) is 11.8 Å². The van der Waals surface area contributed by atoms with Crippen LogP contribution < -0.4 is 25.7 Å². The Hall–Kier alpha value is -7.28. The Morgan fingerprint density at radius 1 is 1.02 bits per heavy atom. The van der Waals surface area contributed by atoms with E-state index >= 15 is 8.78 Å². The number of aliphatic hydroxyl groups excluding tert-OH is 1. The number of nitrogens with zero attached hydrogens (tertiary/aromatic N) is 9. The molecule has 5 aliphatic rings. The largest absolute Gasteiger partial charge is 0.486 e. The maximum absolute atomic E-state index is 17.5. The highest BCUT2D eigenvalue weighted by molar-refractivity contribution is 7.23. The summed E-state index contributed by atoms with van der Waals surface area (Å²) in [6, 6.07) is 13.5. The van der Waals surface area contributed by atoms with Crippen LogP contribution in [0.15, 0.2) is 59.4 Å². The molecule has 7 aromatic rings. The van der Waals surface area contributed by atoms with Gasteiger partial charge in [0, 0.05) is 59.0 Å². The summed E-state index contributed by atoms with van der Waals surface area (Å²) in [4.78, 5) is 63.7. The number of halogens is 3. The summed E-state index contributed by atoms with van der Waals surface area (Å²) >= 11 is 7.95. The number of aryl methyl sites for hydroxylation is 1. The van der Waals surface area contributed by atoms with Crippen molar-refractivity contribution in [1.29, 1.82) is 5.26 Å². The number of esters is 1. The number of ether oxygens (including phenoxy) is 3. The summed E-state index contributed by atoms with van der Waals surface area (Å²) in [6.07, 6.45) is 4.54. The van der Waals surface area contributed by atoms with Gasteiger partial charge in [0.05, 0.1) is 55.4 Å². The first-order valence-electron chi connectivity index (χ1n) is 28.2. The Morgan fingerprint density at radius 2 is 1.78 bits per heavy atom. The molecule has 428 valence electrons. The van der Waals surface area contributed by atoms with E-state index in [-0.39, 0.29) is 103 Å². The number of hydrogen-bond donors (Lipinski definition) is 2. The fraction of sp³-hybridized carbons (Fsp3) is 0.426. The van der Waals surface area contributed by atoms with Crippen molar-refractivity contribution in [3.8, 4) is 40.3 Å². The van der Waals surface area contributed by atoms with Crippen LogP contribution >= 0.6 is 22.9 Å². The van der Waals surface area contributed by atoms with Crippen molar-refractivity contribution in [2.45, 2.75) is 103 Å². The summed E-state index contributed by atoms with van der Waals surface area (Å²) in [7, 11) is 4.03. The molecule has 2 unspecified atom stereocenters. The zero-order chi connectivity index (χ0) is 57.9. The minimum absolute atomic E-state index is 0.00154. The summed E-state index contributed by atoms with van der Waals surface area (Å²) in [6.45, 7) is 14.8. The third kappa shape index (κ3) is 9.87. The lowest BCUT2D eigenvalue weighted by molar-refractivity contribution is -0.157. The van der Waals surface area contributed by atoms with E-state index in [1.54, 1.807) is 21.6 Å². The monoisotopic (exact) mass is 1150 g/mol. The van der Waals surface area contributed by atoms with Crippen molar-refractivity contribution >= 4 is 77.5 Å². The zero-order valence-corrected chi connectivity index (χ0v) is 48.2. The molecule has 3 fully saturated rings. The number of cyclic esters (lactones) is 1. The SMILES string of the molecule is C=C(C(=O)N1CCN(c2nc(OCC34CCCN3CCC4)nc3c(F)c(-c4ccc(F)c5sc(N)c(C#N)c45)c(Cl)cc23)CC1)C(CCCCN(C)C)Oc1ccc2nc3c(c(CC)c2c1)Cn1c-3cc2c(c1=O)COC(=O)C2O.CC. The van der Waals surface area contributed by atoms with Gasteiger partial charge in [0.15, 0.2) is 11.9 Å². The van der Waals surface area contributed by atoms with Crippen molar-refractivity contribution < 1.29 is 37.7 Å². The molecule has 0 spiro atoms. The third-order valence-corrected chi connectivity index (χ3v) is 18.2. The summed E-state index contributed by atoms with van der Waals surface area (Å²) in [5.41, 5.74) is 10.2.